The van der Waals surface area contributed by atoms with Gasteiger partial charge in [0.1, 0.15) is 37.1 Å². The summed E-state index contributed by atoms with van der Waals surface area (Å²) in [5, 5.41) is 0.616. The fourth-order valence-electron chi connectivity index (χ4n) is 2.77. The summed E-state index contributed by atoms with van der Waals surface area (Å²) in [5.41, 5.74) is 6.79. The van der Waals surface area contributed by atoms with Gasteiger partial charge in [-0.1, -0.05) is 31.5 Å². The van der Waals surface area contributed by atoms with Crippen LogP contribution in [0.3, 0.4) is 0 Å². The zero-order chi connectivity index (χ0) is 24.9. The molecule has 0 radical (unpaired) electrons. The van der Waals surface area contributed by atoms with E-state index in [0.29, 0.717) is 64.9 Å². The third-order valence-electron chi connectivity index (χ3n) is 4.25. The number of aromatic nitrogens is 2. The zero-order valence-corrected chi connectivity index (χ0v) is 20.2. The maximum atomic E-state index is 11.4. The summed E-state index contributed by atoms with van der Waals surface area (Å²) in [7, 11) is 0. The van der Waals surface area contributed by atoms with E-state index in [1.165, 1.54) is 0 Å². The molecule has 0 spiro atoms. The van der Waals surface area contributed by atoms with E-state index >= 15 is 0 Å². The van der Waals surface area contributed by atoms with E-state index in [2.05, 4.69) is 14.8 Å². The average Bonchev–Trinajstić information content (AvgIpc) is 2.86. The molecule has 34 heavy (non-hydrogen) atoms. The first-order chi connectivity index (χ1) is 16.5. The quantitative estimate of drug-likeness (QED) is 0.386. The number of rotatable bonds is 6. The van der Waals surface area contributed by atoms with Crippen molar-refractivity contribution < 1.29 is 23.8 Å². The number of nitrogens with two attached hydrogens (primary N) is 2. The number of hydrogen-bond donors (Lipinski definition) is 2. The Morgan fingerprint density at radius 1 is 1.12 bits per heavy atom. The fraction of sp³-hybridized carbons (Fsp3) is 0.292. The van der Waals surface area contributed by atoms with Crippen LogP contribution in [-0.2, 0) is 11.4 Å². The lowest BCUT2D eigenvalue weighted by atomic mass is 10.1. The Hall–Kier alpha value is -3.24. The summed E-state index contributed by atoms with van der Waals surface area (Å²) in [5.74, 6) is 7.75. The minimum absolute atomic E-state index is 0.139. The molecule has 0 fully saturated rings. The average molecular weight is 489 g/mol. The highest BCUT2D eigenvalue weighted by Gasteiger charge is 2.14. The Bertz CT molecular complexity index is 1080. The monoisotopic (exact) mass is 488 g/mol. The minimum atomic E-state index is -0.186. The smallest absolute Gasteiger partial charge is 0.190 e. The van der Waals surface area contributed by atoms with Crippen molar-refractivity contribution in [3.05, 3.63) is 70.8 Å². The number of benzene rings is 2. The van der Waals surface area contributed by atoms with Crippen molar-refractivity contribution in [3.8, 4) is 23.0 Å². The van der Waals surface area contributed by atoms with Crippen LogP contribution in [0.4, 0.5) is 0 Å². The van der Waals surface area contributed by atoms with E-state index in [-0.39, 0.29) is 12.4 Å². The summed E-state index contributed by atoms with van der Waals surface area (Å²) >= 11 is 5.87. The van der Waals surface area contributed by atoms with Gasteiger partial charge in [-0.25, -0.2) is 15.9 Å². The number of Topliss-reactive ketones (excluding diaryl/α,β-unsaturated/α-hetero) is 1. The third-order valence-corrected chi connectivity index (χ3v) is 4.48. The van der Waals surface area contributed by atoms with Gasteiger partial charge in [0, 0.05) is 17.1 Å². The van der Waals surface area contributed by atoms with Crippen LogP contribution in [0.5, 0.6) is 23.0 Å². The molecule has 0 atom stereocenters. The number of nitrogens with zero attached hydrogens (tertiary/aromatic N) is 2. The maximum absolute atomic E-state index is 11.4. The molecule has 1 aliphatic heterocycles. The van der Waals surface area contributed by atoms with Gasteiger partial charge in [-0.05, 0) is 43.3 Å². The predicted molar refractivity (Wildman–Crippen MR) is 129 cm³/mol. The predicted octanol–water partition coefficient (Wildman–Crippen LogP) is 4.25. The van der Waals surface area contributed by atoms with Gasteiger partial charge in [-0.15, -0.1) is 0 Å². The molecule has 2 heterocycles. The molecule has 1 aromatic heterocycles. The van der Waals surface area contributed by atoms with Crippen molar-refractivity contribution >= 4 is 17.4 Å². The molecule has 10 heteroatoms. The fourth-order valence-corrected chi connectivity index (χ4v) is 2.95. The van der Waals surface area contributed by atoms with Crippen molar-refractivity contribution in [2.24, 2.45) is 11.6 Å². The van der Waals surface area contributed by atoms with Crippen molar-refractivity contribution in [1.29, 1.82) is 0 Å². The van der Waals surface area contributed by atoms with Gasteiger partial charge in [-0.2, -0.15) is 0 Å². The SMILES string of the molecule is CC.Cc1ncc(Oc2cccc(Cl)c2)c(CN)n1.NOCC(=O)c1ccc2c(c1)OCCO2. The molecule has 3 aromatic rings. The van der Waals surface area contributed by atoms with E-state index in [1.807, 2.05) is 32.9 Å². The van der Waals surface area contributed by atoms with Crippen LogP contribution >= 0.6 is 11.6 Å². The third kappa shape index (κ3) is 7.96. The van der Waals surface area contributed by atoms with Crippen molar-refractivity contribution in [1.82, 2.24) is 9.97 Å². The first-order valence-corrected chi connectivity index (χ1v) is 11.1. The van der Waals surface area contributed by atoms with Crippen LogP contribution in [0.2, 0.25) is 5.02 Å². The van der Waals surface area contributed by atoms with Gasteiger partial charge in [0.15, 0.2) is 23.0 Å². The number of carbonyl (C=O) groups is 1. The maximum Gasteiger partial charge on any atom is 0.190 e. The molecule has 0 amide bonds. The van der Waals surface area contributed by atoms with Crippen LogP contribution in [-0.4, -0.2) is 35.6 Å². The number of aryl methyl sites for hydroxylation is 1. The Kier molecular flexibility index (Phi) is 11.2. The normalized spacial score (nSPS) is 11.4. The van der Waals surface area contributed by atoms with Crippen LogP contribution in [0, 0.1) is 6.92 Å². The van der Waals surface area contributed by atoms with E-state index < -0.39 is 0 Å². The van der Waals surface area contributed by atoms with Crippen LogP contribution in [0.15, 0.2) is 48.7 Å². The largest absolute Gasteiger partial charge is 0.486 e. The zero-order valence-electron chi connectivity index (χ0n) is 19.4. The van der Waals surface area contributed by atoms with Crippen LogP contribution in [0.25, 0.3) is 0 Å². The molecule has 9 nitrogen and oxygen atoms in total. The van der Waals surface area contributed by atoms with Gasteiger partial charge in [0.2, 0.25) is 0 Å². The second kappa shape index (κ2) is 14.1. The first-order valence-electron chi connectivity index (χ1n) is 10.7. The molecule has 0 unspecified atom stereocenters. The van der Waals surface area contributed by atoms with E-state index in [0.717, 1.165) is 0 Å². The van der Waals surface area contributed by atoms with Gasteiger partial charge >= 0.3 is 0 Å². The highest BCUT2D eigenvalue weighted by atomic mass is 35.5. The number of ketones is 1. The second-order valence-electron chi connectivity index (χ2n) is 6.58. The topological polar surface area (TPSA) is 132 Å². The van der Waals surface area contributed by atoms with Crippen molar-refractivity contribution in [3.63, 3.8) is 0 Å². The Balaban J connectivity index is 0.000000225. The summed E-state index contributed by atoms with van der Waals surface area (Å²) in [6.45, 7) is 7.01. The van der Waals surface area contributed by atoms with Crippen molar-refractivity contribution in [2.75, 3.05) is 19.8 Å². The summed E-state index contributed by atoms with van der Waals surface area (Å²) < 4.78 is 16.3. The molecule has 2 aromatic carbocycles. The molecule has 0 bridgehead atoms. The molecule has 4 N–H and O–H groups in total. The summed E-state index contributed by atoms with van der Waals surface area (Å²) in [6, 6.07) is 12.1. The number of hydrogen-bond acceptors (Lipinski definition) is 9. The van der Waals surface area contributed by atoms with Gasteiger partial charge < -0.3 is 19.9 Å². The van der Waals surface area contributed by atoms with E-state index in [1.54, 1.807) is 36.5 Å². The van der Waals surface area contributed by atoms with E-state index in [9.17, 15) is 4.79 Å². The Labute approximate surface area is 203 Å². The highest BCUT2D eigenvalue weighted by Crippen LogP contribution is 2.30. The van der Waals surface area contributed by atoms with Crippen LogP contribution in [0.1, 0.15) is 35.7 Å². The second-order valence-corrected chi connectivity index (χ2v) is 7.02. The Morgan fingerprint density at radius 3 is 2.53 bits per heavy atom. The molecular weight excluding hydrogens is 460 g/mol. The van der Waals surface area contributed by atoms with Gasteiger partial charge in [0.05, 0.1) is 6.20 Å². The van der Waals surface area contributed by atoms with Crippen molar-refractivity contribution in [2.45, 2.75) is 27.3 Å². The summed E-state index contributed by atoms with van der Waals surface area (Å²) in [6.07, 6.45) is 1.62. The van der Waals surface area contributed by atoms with Crippen LogP contribution < -0.4 is 25.8 Å². The molecule has 0 saturated heterocycles. The highest BCUT2D eigenvalue weighted by molar-refractivity contribution is 6.30. The molecule has 0 saturated carbocycles. The minimum Gasteiger partial charge on any atom is -0.486 e. The number of ether oxygens (including phenoxy) is 3. The number of carbonyl (C=O) groups excluding carboxylic acids is 1. The summed E-state index contributed by atoms with van der Waals surface area (Å²) in [4.78, 5) is 24.0. The lowest BCUT2D eigenvalue weighted by Crippen LogP contribution is -2.17. The first kappa shape index (κ1) is 27.0. The molecular formula is C24H29ClN4O5. The lowest BCUT2D eigenvalue weighted by Gasteiger charge is -2.18. The van der Waals surface area contributed by atoms with E-state index in [4.69, 9.17) is 37.4 Å². The lowest BCUT2D eigenvalue weighted by molar-refractivity contribution is 0.0762. The molecule has 0 aliphatic carbocycles. The standard InChI is InChI=1S/C12H12ClN3O.C10H11NO4.C2H6/c1-8-15-7-12(11(6-14)16-8)17-10-4-2-3-9(13)5-10;11-15-6-8(12)7-1-2-9-10(5-7)14-4-3-13-9;1-2/h2-5,7H,6,14H2,1H3;1-2,5H,3-4,6,11H2;1-2H3. The molecule has 182 valence electrons. The van der Waals surface area contributed by atoms with Gasteiger partial charge in [0.25, 0.3) is 0 Å². The molecule has 4 rings (SSSR count). The number of halogens is 1. The number of fused-ring (bicyclic) bond motifs is 1. The molecule has 1 aliphatic rings. The Morgan fingerprint density at radius 2 is 1.85 bits per heavy atom. The van der Waals surface area contributed by atoms with Gasteiger partial charge in [-0.3, -0.25) is 9.63 Å².